The number of hydrogen-bond acceptors (Lipinski definition) is 13. The zero-order valence-corrected chi connectivity index (χ0v) is 40.6. The van der Waals surface area contributed by atoms with Gasteiger partial charge in [-0.1, -0.05) is 26.0 Å². The Hall–Kier alpha value is -5.83. The van der Waals surface area contributed by atoms with Gasteiger partial charge in [0.2, 0.25) is 27.4 Å². The Morgan fingerprint density at radius 1 is 1.00 bits per heavy atom. The van der Waals surface area contributed by atoms with Gasteiger partial charge in [-0.25, -0.2) is 28.2 Å². The molecule has 1 aromatic carbocycles. The maximum absolute atomic E-state index is 15.2. The standard InChI is InChI=1S/C49H60F3N7O10S/c1-29(2)67-34-14-12-32(13-15-34)37-23-35(24-38(55-37)41-53-19-9-20-54-41)68-36-25-39-42(60)57-48(44(62)58-70(64,65)46(5)17-18-46)26-33(48)11-7-6-10-30(3)22-31(4)40(43(61)59(39)27-36)56-45(63)69-47(49(50,51)52)16-8-21-66-28-47/h7,9,11-15,19-20,23-24,29-31,33,36,39-40H,6,8,10,16-18,21-22,25-28H2,1-5H3,(H,56,63)(H,57,60)(H,58,62)/b11-7-/t30-,31-,33-,36-,39+,40+,47?,48-/m1/s1. The van der Waals surface area contributed by atoms with Crippen molar-refractivity contribution >= 4 is 33.8 Å². The van der Waals surface area contributed by atoms with E-state index in [9.17, 15) is 36.0 Å². The first-order valence-electron chi connectivity index (χ1n) is 23.8. The highest BCUT2D eigenvalue weighted by Crippen LogP contribution is 2.48. The number of ether oxygens (including phenoxy) is 4. The minimum Gasteiger partial charge on any atom is -0.491 e. The van der Waals surface area contributed by atoms with Gasteiger partial charge in [0.05, 0.1) is 29.7 Å². The van der Waals surface area contributed by atoms with E-state index in [4.69, 9.17) is 23.9 Å². The van der Waals surface area contributed by atoms with Gasteiger partial charge >= 0.3 is 12.3 Å². The van der Waals surface area contributed by atoms with Crippen LogP contribution in [0.15, 0.2) is 67.0 Å². The largest absolute Gasteiger partial charge is 0.491 e. The number of halogens is 3. The van der Waals surface area contributed by atoms with Crippen molar-refractivity contribution in [2.75, 3.05) is 19.8 Å². The number of alkyl carbamates (subject to hydrolysis) is 1. The van der Waals surface area contributed by atoms with E-state index in [1.54, 1.807) is 55.7 Å². The van der Waals surface area contributed by atoms with Crippen LogP contribution in [-0.4, -0.2) is 118 Å². The van der Waals surface area contributed by atoms with Crippen molar-refractivity contribution in [1.29, 1.82) is 0 Å². The van der Waals surface area contributed by atoms with Crippen LogP contribution in [0.25, 0.3) is 22.8 Å². The molecule has 17 nitrogen and oxygen atoms in total. The van der Waals surface area contributed by atoms with Gasteiger partial charge in [0, 0.05) is 55.5 Å². The highest BCUT2D eigenvalue weighted by atomic mass is 32.2. The Labute approximate surface area is 405 Å². The lowest BCUT2D eigenvalue weighted by Gasteiger charge is -2.38. The number of alkyl halides is 3. The molecule has 4 amide bonds. The highest BCUT2D eigenvalue weighted by Gasteiger charge is 2.63. The van der Waals surface area contributed by atoms with Crippen LogP contribution in [0.4, 0.5) is 18.0 Å². The number of pyridine rings is 1. The average molecular weight is 996 g/mol. The summed E-state index contributed by atoms with van der Waals surface area (Å²) in [7, 11) is -4.12. The molecule has 8 rings (SSSR count). The van der Waals surface area contributed by atoms with Crippen LogP contribution in [0, 0.1) is 17.8 Å². The van der Waals surface area contributed by atoms with Gasteiger partial charge in [-0.05, 0) is 108 Å². The van der Waals surface area contributed by atoms with Crippen molar-refractivity contribution in [1.82, 2.24) is 35.2 Å². The van der Waals surface area contributed by atoms with Crippen molar-refractivity contribution in [2.24, 2.45) is 17.8 Å². The fraction of sp³-hybridized carbons (Fsp3) is 0.571. The summed E-state index contributed by atoms with van der Waals surface area (Å²) in [5.74, 6) is -2.65. The Morgan fingerprint density at radius 3 is 2.37 bits per heavy atom. The fourth-order valence-corrected chi connectivity index (χ4v) is 10.8. The zero-order valence-electron chi connectivity index (χ0n) is 39.8. The molecular weight excluding hydrogens is 936 g/mol. The quantitative estimate of drug-likeness (QED) is 0.177. The Morgan fingerprint density at radius 2 is 1.71 bits per heavy atom. The number of benzene rings is 1. The number of carbonyl (C=O) groups excluding carboxylic acids is 4. The molecule has 3 aromatic rings. The lowest BCUT2D eigenvalue weighted by atomic mass is 9.88. The molecule has 5 heterocycles. The summed E-state index contributed by atoms with van der Waals surface area (Å²) in [5.41, 5.74) is -3.13. The number of sulfonamides is 1. The molecule has 2 aliphatic carbocycles. The highest BCUT2D eigenvalue weighted by molar-refractivity contribution is 7.91. The van der Waals surface area contributed by atoms with E-state index >= 15 is 4.79 Å². The maximum atomic E-state index is 15.2. The molecular formula is C49H60F3N7O10S. The number of amides is 4. The van der Waals surface area contributed by atoms with E-state index in [1.807, 2.05) is 39.0 Å². The molecule has 5 aliphatic rings. The molecule has 21 heteroatoms. The molecule has 0 bridgehead atoms. The fourth-order valence-electron chi connectivity index (χ4n) is 9.50. The Kier molecular flexibility index (Phi) is 14.3. The number of allylic oxidation sites excluding steroid dienone is 1. The van der Waals surface area contributed by atoms with Gasteiger partial charge in [0.25, 0.3) is 5.91 Å². The van der Waals surface area contributed by atoms with Crippen LogP contribution < -0.4 is 24.8 Å². The van der Waals surface area contributed by atoms with Gasteiger partial charge in [0.15, 0.2) is 5.82 Å². The molecule has 1 unspecified atom stereocenters. The van der Waals surface area contributed by atoms with Gasteiger partial charge in [-0.2, -0.15) is 13.2 Å². The molecule has 0 radical (unpaired) electrons. The van der Waals surface area contributed by atoms with Crippen LogP contribution in [0.1, 0.15) is 92.4 Å². The molecule has 2 saturated heterocycles. The summed E-state index contributed by atoms with van der Waals surface area (Å²) >= 11 is 0. The summed E-state index contributed by atoms with van der Waals surface area (Å²) in [6.45, 7) is 7.89. The first-order valence-corrected chi connectivity index (χ1v) is 25.3. The topological polar surface area (TPSA) is 217 Å². The number of nitrogens with one attached hydrogen (secondary N) is 3. The molecule has 3 aliphatic heterocycles. The van der Waals surface area contributed by atoms with Gasteiger partial charge < -0.3 is 34.5 Å². The predicted molar refractivity (Wildman–Crippen MR) is 248 cm³/mol. The van der Waals surface area contributed by atoms with Crippen LogP contribution in [-0.2, 0) is 33.9 Å². The minimum absolute atomic E-state index is 0.0204. The normalized spacial score (nSPS) is 29.5. The van der Waals surface area contributed by atoms with Gasteiger partial charge in [0.1, 0.15) is 40.9 Å². The van der Waals surface area contributed by atoms with E-state index < -0.39 is 99.0 Å². The Bertz CT molecular complexity index is 2580. The molecule has 2 saturated carbocycles. The molecule has 378 valence electrons. The smallest absolute Gasteiger partial charge is 0.430 e. The summed E-state index contributed by atoms with van der Waals surface area (Å²) in [5, 5.41) is 5.30. The second-order valence-electron chi connectivity index (χ2n) is 20.0. The first-order chi connectivity index (χ1) is 33.1. The summed E-state index contributed by atoms with van der Waals surface area (Å²) in [4.78, 5) is 72.7. The second-order valence-corrected chi connectivity index (χ2v) is 22.2. The average Bonchev–Trinajstić information content (AvgIpc) is 4.19. The number of nitrogens with zero attached hydrogens (tertiary/aromatic N) is 4. The van der Waals surface area contributed by atoms with Crippen molar-refractivity contribution < 1.29 is 59.7 Å². The summed E-state index contributed by atoms with van der Waals surface area (Å²) in [6, 6.07) is 9.35. The van der Waals surface area contributed by atoms with Crippen molar-refractivity contribution in [3.8, 4) is 34.3 Å². The van der Waals surface area contributed by atoms with Crippen molar-refractivity contribution in [3.05, 3.63) is 67.0 Å². The number of rotatable bonds is 11. The maximum Gasteiger partial charge on any atom is 0.430 e. The SMILES string of the molecule is CC(C)Oc1ccc(-c2cc(O[C@@H]3C[C@H]4C(=O)N[C@]5(C(=O)NS(=O)(=O)C6(C)CC6)C[C@H]5/C=C\CC[C@@H](C)C[C@@H](C)[C@H](NC(=O)OC5(C(F)(F)F)CCCOC5)C(=O)N4C3)cc(-c3ncccn3)n2)cc1. The van der Waals surface area contributed by atoms with Crippen LogP contribution in [0.2, 0.25) is 0 Å². The van der Waals surface area contributed by atoms with E-state index in [0.717, 1.165) is 0 Å². The third-order valence-corrected chi connectivity index (χ3v) is 16.1. The first kappa shape index (κ1) is 50.6. The zero-order chi connectivity index (χ0) is 50.2. The number of carbonyl (C=O) groups is 4. The number of aromatic nitrogens is 3. The molecule has 70 heavy (non-hydrogen) atoms. The number of fused-ring (bicyclic) bond motifs is 2. The van der Waals surface area contributed by atoms with Gasteiger partial charge in [-0.3, -0.25) is 19.1 Å². The summed E-state index contributed by atoms with van der Waals surface area (Å²) in [6.07, 6.45) is 0.852. The molecule has 0 spiro atoms. The Balaban J connectivity index is 1.14. The predicted octanol–water partition coefficient (Wildman–Crippen LogP) is 6.43. The molecule has 3 N–H and O–H groups in total. The third kappa shape index (κ3) is 10.9. The van der Waals surface area contributed by atoms with Crippen molar-refractivity contribution in [2.45, 2.75) is 139 Å². The third-order valence-electron chi connectivity index (χ3n) is 13.9. The van der Waals surface area contributed by atoms with E-state index in [1.165, 1.54) is 11.8 Å². The van der Waals surface area contributed by atoms with E-state index in [2.05, 4.69) is 25.3 Å². The van der Waals surface area contributed by atoms with Crippen LogP contribution >= 0.6 is 0 Å². The minimum atomic E-state index is -4.99. The molecule has 4 fully saturated rings. The monoisotopic (exact) mass is 995 g/mol. The van der Waals surface area contributed by atoms with Crippen LogP contribution in [0.3, 0.4) is 0 Å². The van der Waals surface area contributed by atoms with Gasteiger partial charge in [-0.15, -0.1) is 0 Å². The molecule has 2 aromatic heterocycles. The van der Waals surface area contributed by atoms with E-state index in [-0.39, 0.29) is 56.0 Å². The lowest BCUT2D eigenvalue weighted by molar-refractivity contribution is -0.285. The second kappa shape index (κ2) is 19.8. The van der Waals surface area contributed by atoms with Crippen LogP contribution in [0.5, 0.6) is 11.5 Å². The van der Waals surface area contributed by atoms with Crippen molar-refractivity contribution in [3.63, 3.8) is 0 Å². The summed E-state index contributed by atoms with van der Waals surface area (Å²) < 4.78 is 94.3. The number of hydrogen-bond donors (Lipinski definition) is 3. The lowest BCUT2D eigenvalue weighted by Crippen LogP contribution is -2.60. The molecule has 8 atom stereocenters. The van der Waals surface area contributed by atoms with E-state index in [0.29, 0.717) is 54.8 Å².